The van der Waals surface area contributed by atoms with Gasteiger partial charge in [-0.25, -0.2) is 4.68 Å². The summed E-state index contributed by atoms with van der Waals surface area (Å²) in [4.78, 5) is 25.5. The van der Waals surface area contributed by atoms with Gasteiger partial charge in [0, 0.05) is 5.57 Å². The van der Waals surface area contributed by atoms with E-state index in [9.17, 15) is 14.7 Å². The molecule has 1 aromatic heterocycles. The molecule has 0 unspecified atom stereocenters. The van der Waals surface area contributed by atoms with E-state index in [4.69, 9.17) is 0 Å². The Morgan fingerprint density at radius 1 is 1.06 bits per heavy atom. The van der Waals surface area contributed by atoms with Crippen molar-refractivity contribution in [3.8, 4) is 11.6 Å². The normalized spacial score (nSPS) is 14.6. The van der Waals surface area contributed by atoms with E-state index in [0.29, 0.717) is 22.6 Å². The molecule has 2 N–H and O–H groups in total. The number of nitrogens with zero attached hydrogens (tertiary/aromatic N) is 4. The van der Waals surface area contributed by atoms with Crippen LogP contribution in [0.1, 0.15) is 18.2 Å². The highest BCUT2D eigenvalue weighted by molar-refractivity contribution is 6.34. The van der Waals surface area contributed by atoms with Crippen molar-refractivity contribution in [3.05, 3.63) is 89.6 Å². The van der Waals surface area contributed by atoms with Crippen molar-refractivity contribution in [3.63, 3.8) is 0 Å². The van der Waals surface area contributed by atoms with Crippen molar-refractivity contribution in [1.29, 1.82) is 0 Å². The molecule has 8 nitrogen and oxygen atoms in total. The van der Waals surface area contributed by atoms with Gasteiger partial charge in [0.2, 0.25) is 5.88 Å². The molecular formula is C24H21N5O3. The van der Waals surface area contributed by atoms with E-state index < -0.39 is 11.8 Å². The maximum absolute atomic E-state index is 13.2. The molecule has 0 bridgehead atoms. The lowest BCUT2D eigenvalue weighted by Crippen LogP contribution is -2.31. The predicted molar refractivity (Wildman–Crippen MR) is 122 cm³/mol. The van der Waals surface area contributed by atoms with Gasteiger partial charge in [-0.3, -0.25) is 9.59 Å². The molecule has 2 heterocycles. The molecule has 2 amide bonds. The van der Waals surface area contributed by atoms with Crippen LogP contribution in [0.5, 0.6) is 5.88 Å². The van der Waals surface area contributed by atoms with Gasteiger partial charge in [-0.2, -0.15) is 10.1 Å². The largest absolute Gasteiger partial charge is 0.493 e. The number of amidine groups is 1. The average Bonchev–Trinajstić information content (AvgIpc) is 3.26. The van der Waals surface area contributed by atoms with E-state index in [1.54, 1.807) is 50.2 Å². The van der Waals surface area contributed by atoms with Gasteiger partial charge in [0.15, 0.2) is 5.84 Å². The minimum atomic E-state index is -0.460. The number of aromatic hydroxyl groups is 1. The zero-order chi connectivity index (χ0) is 22.8. The number of aromatic nitrogens is 2. The third-order valence-electron chi connectivity index (χ3n) is 4.87. The fourth-order valence-electron chi connectivity index (χ4n) is 3.19. The molecule has 4 rings (SSSR count). The number of hydrogen-bond donors (Lipinski definition) is 2. The Morgan fingerprint density at radius 2 is 1.66 bits per heavy atom. The first-order valence-corrected chi connectivity index (χ1v) is 9.88. The van der Waals surface area contributed by atoms with E-state index in [1.165, 1.54) is 15.8 Å². The van der Waals surface area contributed by atoms with Gasteiger partial charge in [0.25, 0.3) is 11.8 Å². The molecule has 0 saturated heterocycles. The lowest BCUT2D eigenvalue weighted by molar-refractivity contribution is -0.116. The fourth-order valence-corrected chi connectivity index (χ4v) is 3.19. The summed E-state index contributed by atoms with van der Waals surface area (Å²) >= 11 is 0. The first-order valence-electron chi connectivity index (χ1n) is 9.88. The van der Waals surface area contributed by atoms with E-state index in [2.05, 4.69) is 22.1 Å². The summed E-state index contributed by atoms with van der Waals surface area (Å²) in [6.45, 7) is 6.91. The molecular weight excluding hydrogens is 406 g/mol. The number of hydrogen-bond acceptors (Lipinski definition) is 5. The lowest BCUT2D eigenvalue weighted by atomic mass is 10.1. The van der Waals surface area contributed by atoms with Gasteiger partial charge >= 0.3 is 0 Å². The highest BCUT2D eigenvalue weighted by Crippen LogP contribution is 2.30. The van der Waals surface area contributed by atoms with Crippen molar-refractivity contribution < 1.29 is 14.7 Å². The molecule has 160 valence electrons. The van der Waals surface area contributed by atoms with Crippen molar-refractivity contribution in [1.82, 2.24) is 15.1 Å². The van der Waals surface area contributed by atoms with Crippen molar-refractivity contribution in [2.24, 2.45) is 5.10 Å². The molecule has 8 heteroatoms. The Morgan fingerprint density at radius 3 is 2.25 bits per heavy atom. The average molecular weight is 427 g/mol. The standard InChI is InChI=1S/C24H21N5O3/c1-15(2)22(30)25-21-20(24(32)29(27-21)18-12-8-5-9-13-18)14-19-16(3)26-28(23(19)31)17-10-6-4-7-11-17/h4-14,31H,1H2,2-3H3,(H,25,27,30). The number of anilines is 1. The molecule has 1 aliphatic heterocycles. The number of nitrogens with one attached hydrogen (secondary N) is 1. The van der Waals surface area contributed by atoms with E-state index >= 15 is 0 Å². The Bertz CT molecular complexity index is 1270. The van der Waals surface area contributed by atoms with Gasteiger partial charge in [-0.1, -0.05) is 43.0 Å². The first kappa shape index (κ1) is 20.8. The Hall–Kier alpha value is -4.46. The van der Waals surface area contributed by atoms with E-state index in [0.717, 1.165) is 0 Å². The maximum Gasteiger partial charge on any atom is 0.282 e. The third kappa shape index (κ3) is 3.81. The molecule has 0 aliphatic carbocycles. The van der Waals surface area contributed by atoms with Crippen LogP contribution in [0.15, 0.2) is 83.5 Å². The summed E-state index contributed by atoms with van der Waals surface area (Å²) in [5, 5.41) is 23.4. The third-order valence-corrected chi connectivity index (χ3v) is 4.87. The maximum atomic E-state index is 13.2. The highest BCUT2D eigenvalue weighted by Gasteiger charge is 2.33. The minimum absolute atomic E-state index is 0.0677. The Kier molecular flexibility index (Phi) is 5.43. The number of para-hydroxylation sites is 2. The molecule has 32 heavy (non-hydrogen) atoms. The van der Waals surface area contributed by atoms with Crippen molar-refractivity contribution in [2.75, 3.05) is 5.01 Å². The van der Waals surface area contributed by atoms with Crippen LogP contribution in [0.3, 0.4) is 0 Å². The van der Waals surface area contributed by atoms with Crippen LogP contribution in [-0.4, -0.2) is 32.5 Å². The lowest BCUT2D eigenvalue weighted by Gasteiger charge is -2.10. The zero-order valence-corrected chi connectivity index (χ0v) is 17.6. The van der Waals surface area contributed by atoms with Crippen molar-refractivity contribution >= 4 is 29.4 Å². The molecule has 0 atom stereocenters. The number of rotatable bonds is 4. The van der Waals surface area contributed by atoms with E-state index in [1.807, 2.05) is 24.3 Å². The summed E-state index contributed by atoms with van der Waals surface area (Å²) < 4.78 is 1.39. The monoisotopic (exact) mass is 427 g/mol. The summed E-state index contributed by atoms with van der Waals surface area (Å²) in [6.07, 6.45) is 1.49. The molecule has 0 saturated carbocycles. The molecule has 2 aromatic carbocycles. The summed E-state index contributed by atoms with van der Waals surface area (Å²) in [5.41, 5.74) is 2.47. The second-order valence-electron chi connectivity index (χ2n) is 7.26. The molecule has 1 aliphatic rings. The number of carbonyl (C=O) groups is 2. The summed E-state index contributed by atoms with van der Waals surface area (Å²) in [5.74, 6) is -0.964. The van der Waals surface area contributed by atoms with Gasteiger partial charge in [-0.15, -0.1) is 5.10 Å². The molecule has 0 spiro atoms. The second kappa shape index (κ2) is 8.35. The van der Waals surface area contributed by atoms with Crippen LogP contribution in [0.25, 0.3) is 11.8 Å². The first-order chi connectivity index (χ1) is 15.4. The zero-order valence-electron chi connectivity index (χ0n) is 17.6. The number of carbonyl (C=O) groups excluding carboxylic acids is 2. The van der Waals surface area contributed by atoms with Gasteiger partial charge in [0.1, 0.15) is 0 Å². The van der Waals surface area contributed by atoms with Crippen LogP contribution >= 0.6 is 0 Å². The predicted octanol–water partition coefficient (Wildman–Crippen LogP) is 3.32. The number of amides is 2. The fraction of sp³-hybridized carbons (Fsp3) is 0.0833. The Balaban J connectivity index is 1.79. The smallest absolute Gasteiger partial charge is 0.282 e. The SMILES string of the molecule is C=C(C)C(=O)NC1=NN(c2ccccc2)C(=O)C1=Cc1c(C)nn(-c2ccccc2)c1O. The molecule has 0 fully saturated rings. The van der Waals surface area contributed by atoms with Crippen LogP contribution in [-0.2, 0) is 9.59 Å². The quantitative estimate of drug-likeness (QED) is 0.624. The molecule has 0 radical (unpaired) electrons. The van der Waals surface area contributed by atoms with Crippen LogP contribution in [0, 0.1) is 6.92 Å². The summed E-state index contributed by atoms with van der Waals surface area (Å²) in [7, 11) is 0. The topological polar surface area (TPSA) is 99.8 Å². The van der Waals surface area contributed by atoms with Crippen molar-refractivity contribution in [2.45, 2.75) is 13.8 Å². The number of hydrazone groups is 1. The summed E-state index contributed by atoms with van der Waals surface area (Å²) in [6, 6.07) is 18.0. The van der Waals surface area contributed by atoms with Gasteiger partial charge in [-0.05, 0) is 44.2 Å². The Labute approximate surface area is 184 Å². The number of benzene rings is 2. The van der Waals surface area contributed by atoms with Crippen LogP contribution in [0.2, 0.25) is 0 Å². The van der Waals surface area contributed by atoms with Gasteiger partial charge < -0.3 is 10.4 Å². The van der Waals surface area contributed by atoms with Gasteiger partial charge in [0.05, 0.1) is 28.2 Å². The van der Waals surface area contributed by atoms with Crippen LogP contribution in [0.4, 0.5) is 5.69 Å². The van der Waals surface area contributed by atoms with Crippen LogP contribution < -0.4 is 10.3 Å². The number of aryl methyl sites for hydroxylation is 1. The highest BCUT2D eigenvalue weighted by atomic mass is 16.3. The molecule has 3 aromatic rings. The minimum Gasteiger partial charge on any atom is -0.493 e. The van der Waals surface area contributed by atoms with E-state index in [-0.39, 0.29) is 22.9 Å². The second-order valence-corrected chi connectivity index (χ2v) is 7.26.